The van der Waals surface area contributed by atoms with Crippen molar-refractivity contribution in [2.75, 3.05) is 6.54 Å². The van der Waals surface area contributed by atoms with Gasteiger partial charge in [-0.3, -0.25) is 4.79 Å². The van der Waals surface area contributed by atoms with Crippen molar-refractivity contribution < 1.29 is 18.0 Å². The predicted octanol–water partition coefficient (Wildman–Crippen LogP) is 2.84. The minimum Gasteiger partial charge on any atom is -0.349 e. The van der Waals surface area contributed by atoms with Gasteiger partial charge >= 0.3 is 6.18 Å². The second kappa shape index (κ2) is 6.33. The Hall–Kier alpha value is -0.780. The van der Waals surface area contributed by atoms with Gasteiger partial charge in [0.2, 0.25) is 5.91 Å². The lowest BCUT2D eigenvalue weighted by atomic mass is 9.79. The molecule has 1 fully saturated rings. The van der Waals surface area contributed by atoms with Crippen molar-refractivity contribution in [1.29, 1.82) is 0 Å². The third kappa shape index (κ3) is 4.11. The molecule has 20 heavy (non-hydrogen) atoms. The normalized spacial score (nSPS) is 27.2. The van der Waals surface area contributed by atoms with E-state index in [-0.39, 0.29) is 31.2 Å². The van der Waals surface area contributed by atoms with E-state index in [4.69, 9.17) is 5.73 Å². The molecule has 1 rings (SSSR count). The van der Waals surface area contributed by atoms with Crippen LogP contribution in [0.3, 0.4) is 0 Å². The first-order valence-electron chi connectivity index (χ1n) is 7.19. The number of carbonyl (C=O) groups excluding carboxylic acids is 1. The van der Waals surface area contributed by atoms with Crippen molar-refractivity contribution in [1.82, 2.24) is 5.32 Å². The molecule has 3 atom stereocenters. The van der Waals surface area contributed by atoms with Crippen molar-refractivity contribution in [3.8, 4) is 0 Å². The fraction of sp³-hybridized carbons (Fsp3) is 0.929. The zero-order chi connectivity index (χ0) is 15.6. The molecule has 0 aromatic heterocycles. The largest absolute Gasteiger partial charge is 0.391 e. The van der Waals surface area contributed by atoms with Crippen molar-refractivity contribution in [2.45, 2.75) is 58.2 Å². The smallest absolute Gasteiger partial charge is 0.349 e. The average Bonchev–Trinajstić information content (AvgIpc) is 2.37. The summed E-state index contributed by atoms with van der Waals surface area (Å²) < 4.78 is 38.3. The second-order valence-corrected chi connectivity index (χ2v) is 6.37. The summed E-state index contributed by atoms with van der Waals surface area (Å²) in [4.78, 5) is 12.2. The molecule has 0 aromatic rings. The molecule has 3 N–H and O–H groups in total. The number of amides is 1. The summed E-state index contributed by atoms with van der Waals surface area (Å²) in [5, 5.41) is 2.85. The average molecular weight is 294 g/mol. The Bertz CT molecular complexity index is 344. The Morgan fingerprint density at radius 2 is 1.95 bits per heavy atom. The SMILES string of the molecule is CC(C)C(C)(CN)NC(=O)C1CCCC(C(F)(F)F)C1. The first kappa shape index (κ1) is 17.3. The number of nitrogens with two attached hydrogens (primary N) is 1. The van der Waals surface area contributed by atoms with Crippen LogP contribution in [0.2, 0.25) is 0 Å². The molecular weight excluding hydrogens is 269 g/mol. The standard InChI is InChI=1S/C14H25F3N2O/c1-9(2)13(3,8-18)19-12(20)10-5-4-6-11(7-10)14(15,16)17/h9-11H,4-8,18H2,1-3H3,(H,19,20). The Morgan fingerprint density at radius 1 is 1.35 bits per heavy atom. The van der Waals surface area contributed by atoms with E-state index < -0.39 is 23.6 Å². The summed E-state index contributed by atoms with van der Waals surface area (Å²) in [5.41, 5.74) is 5.12. The number of alkyl halides is 3. The van der Waals surface area contributed by atoms with Crippen LogP contribution in [-0.2, 0) is 4.79 Å². The van der Waals surface area contributed by atoms with Crippen LogP contribution in [0.5, 0.6) is 0 Å². The molecule has 0 spiro atoms. The van der Waals surface area contributed by atoms with Crippen LogP contribution >= 0.6 is 0 Å². The minimum absolute atomic E-state index is 0.103. The van der Waals surface area contributed by atoms with E-state index in [1.807, 2.05) is 20.8 Å². The molecule has 0 aromatic carbocycles. The summed E-state index contributed by atoms with van der Waals surface area (Å²) in [5.74, 6) is -2.07. The van der Waals surface area contributed by atoms with Gasteiger partial charge in [-0.2, -0.15) is 13.2 Å². The van der Waals surface area contributed by atoms with Crippen LogP contribution < -0.4 is 11.1 Å². The minimum atomic E-state index is -4.20. The van der Waals surface area contributed by atoms with Crippen LogP contribution in [-0.4, -0.2) is 24.2 Å². The highest BCUT2D eigenvalue weighted by atomic mass is 19.4. The Kier molecular flexibility index (Phi) is 5.46. The van der Waals surface area contributed by atoms with Gasteiger partial charge in [0.15, 0.2) is 0 Å². The van der Waals surface area contributed by atoms with Crippen molar-refractivity contribution in [2.24, 2.45) is 23.5 Å². The van der Waals surface area contributed by atoms with Crippen LogP contribution in [0.1, 0.15) is 46.5 Å². The number of carbonyl (C=O) groups is 1. The monoisotopic (exact) mass is 294 g/mol. The maximum Gasteiger partial charge on any atom is 0.391 e. The molecule has 0 aliphatic heterocycles. The van der Waals surface area contributed by atoms with Gasteiger partial charge in [0, 0.05) is 12.5 Å². The quantitative estimate of drug-likeness (QED) is 0.837. The second-order valence-electron chi connectivity index (χ2n) is 6.37. The molecule has 6 heteroatoms. The molecule has 0 bridgehead atoms. The highest BCUT2D eigenvalue weighted by molar-refractivity contribution is 5.79. The van der Waals surface area contributed by atoms with Gasteiger partial charge in [0.25, 0.3) is 0 Å². The van der Waals surface area contributed by atoms with E-state index in [0.717, 1.165) is 0 Å². The van der Waals surface area contributed by atoms with Gasteiger partial charge in [-0.1, -0.05) is 20.3 Å². The maximum atomic E-state index is 12.8. The third-order valence-corrected chi connectivity index (χ3v) is 4.61. The van der Waals surface area contributed by atoms with Crippen LogP contribution in [0.15, 0.2) is 0 Å². The maximum absolute atomic E-state index is 12.8. The molecule has 1 aliphatic carbocycles. The van der Waals surface area contributed by atoms with Crippen LogP contribution in [0.25, 0.3) is 0 Å². The van der Waals surface area contributed by atoms with E-state index in [1.54, 1.807) is 0 Å². The molecular formula is C14H25F3N2O. The highest BCUT2D eigenvalue weighted by Crippen LogP contribution is 2.40. The lowest BCUT2D eigenvalue weighted by Crippen LogP contribution is -2.56. The first-order valence-corrected chi connectivity index (χ1v) is 7.19. The van der Waals surface area contributed by atoms with Crippen LogP contribution in [0, 0.1) is 17.8 Å². The topological polar surface area (TPSA) is 55.1 Å². The van der Waals surface area contributed by atoms with Gasteiger partial charge in [-0.25, -0.2) is 0 Å². The molecule has 3 nitrogen and oxygen atoms in total. The zero-order valence-electron chi connectivity index (χ0n) is 12.4. The van der Waals surface area contributed by atoms with E-state index in [2.05, 4.69) is 5.32 Å². The summed E-state index contributed by atoms with van der Waals surface area (Å²) in [7, 11) is 0. The molecule has 3 unspecified atom stereocenters. The van der Waals surface area contributed by atoms with E-state index >= 15 is 0 Å². The van der Waals surface area contributed by atoms with Crippen molar-refractivity contribution >= 4 is 5.91 Å². The number of nitrogens with one attached hydrogen (secondary N) is 1. The van der Waals surface area contributed by atoms with Crippen LogP contribution in [0.4, 0.5) is 13.2 Å². The summed E-state index contributed by atoms with van der Waals surface area (Å²) >= 11 is 0. The van der Waals surface area contributed by atoms with Crippen molar-refractivity contribution in [3.05, 3.63) is 0 Å². The van der Waals surface area contributed by atoms with Gasteiger partial charge in [-0.05, 0) is 32.1 Å². The molecule has 1 aliphatic rings. The fourth-order valence-electron chi connectivity index (χ4n) is 2.54. The van der Waals surface area contributed by atoms with E-state index in [0.29, 0.717) is 12.8 Å². The van der Waals surface area contributed by atoms with Gasteiger partial charge in [-0.15, -0.1) is 0 Å². The molecule has 118 valence electrons. The molecule has 0 radical (unpaired) electrons. The van der Waals surface area contributed by atoms with Gasteiger partial charge in [0.1, 0.15) is 0 Å². The van der Waals surface area contributed by atoms with Crippen molar-refractivity contribution in [3.63, 3.8) is 0 Å². The van der Waals surface area contributed by atoms with E-state index in [1.165, 1.54) is 0 Å². The molecule has 1 amide bonds. The van der Waals surface area contributed by atoms with E-state index in [9.17, 15) is 18.0 Å². The predicted molar refractivity (Wildman–Crippen MR) is 71.9 cm³/mol. The van der Waals surface area contributed by atoms with Gasteiger partial charge < -0.3 is 11.1 Å². The Labute approximate surface area is 118 Å². The molecule has 0 saturated heterocycles. The Balaban J connectivity index is 2.68. The number of halogens is 3. The van der Waals surface area contributed by atoms with Gasteiger partial charge in [0.05, 0.1) is 11.5 Å². The summed E-state index contributed by atoms with van der Waals surface area (Å²) in [6.07, 6.45) is -3.20. The lowest BCUT2D eigenvalue weighted by molar-refractivity contribution is -0.186. The fourth-order valence-corrected chi connectivity index (χ4v) is 2.54. The number of hydrogen-bond acceptors (Lipinski definition) is 2. The summed E-state index contributed by atoms with van der Waals surface area (Å²) in [6, 6.07) is 0. The molecule has 1 saturated carbocycles. The zero-order valence-corrected chi connectivity index (χ0v) is 12.4. The first-order chi connectivity index (χ1) is 9.10. The highest BCUT2D eigenvalue weighted by Gasteiger charge is 2.44. The Morgan fingerprint density at radius 3 is 2.40 bits per heavy atom. The number of rotatable bonds is 4. The third-order valence-electron chi connectivity index (χ3n) is 4.61. The lowest BCUT2D eigenvalue weighted by Gasteiger charge is -2.37. The molecule has 0 heterocycles. The number of hydrogen-bond donors (Lipinski definition) is 2. The summed E-state index contributed by atoms with van der Waals surface area (Å²) in [6.45, 7) is 5.98.